The molecule has 0 radical (unpaired) electrons. The van der Waals surface area contributed by atoms with Gasteiger partial charge in [-0.2, -0.15) is 0 Å². The first kappa shape index (κ1) is 69.3. The third-order valence-corrected chi connectivity index (χ3v) is 25.7. The highest BCUT2D eigenvalue weighted by molar-refractivity contribution is 7.86. The maximum atomic E-state index is 13.8. The van der Waals surface area contributed by atoms with Gasteiger partial charge in [-0.3, -0.25) is 0 Å². The normalized spacial score (nSPS) is 11.3. The Labute approximate surface area is 525 Å². The molecule has 0 aromatic heterocycles. The lowest BCUT2D eigenvalue weighted by Crippen LogP contribution is -2.24. The molecule has 0 saturated carbocycles. The van der Waals surface area contributed by atoms with E-state index in [0.29, 0.717) is 0 Å². The molecule has 90 heavy (non-hydrogen) atoms. The zero-order valence-electron chi connectivity index (χ0n) is 48.5. The van der Waals surface area contributed by atoms with Crippen molar-refractivity contribution >= 4 is 108 Å². The average molecular weight is 1310 g/mol. The third kappa shape index (κ3) is 19.4. The Balaban J connectivity index is 0.000000162. The van der Waals surface area contributed by atoms with Gasteiger partial charge >= 0.3 is 15.6 Å². The number of hydrogen-bond donors (Lipinski definition) is 6. The highest BCUT2D eigenvalue weighted by Gasteiger charge is 2.32. The van der Waals surface area contributed by atoms with Gasteiger partial charge in [0.1, 0.15) is 0 Å². The van der Waals surface area contributed by atoms with Crippen LogP contribution in [0, 0.1) is 0 Å². The summed E-state index contributed by atoms with van der Waals surface area (Å²) in [4.78, 5) is 43.1. The highest BCUT2D eigenvalue weighted by atomic mass is 31.2. The third-order valence-electron chi connectivity index (χ3n) is 13.4. The zero-order chi connectivity index (χ0) is 64.4. The monoisotopic (exact) mass is 1310 g/mol. The van der Waals surface area contributed by atoms with Gasteiger partial charge in [0.25, 0.3) is 0 Å². The van der Waals surface area contributed by atoms with E-state index in [2.05, 4.69) is 0 Å². The van der Waals surface area contributed by atoms with Crippen LogP contribution in [0.2, 0.25) is 0 Å². The summed E-state index contributed by atoms with van der Waals surface area (Å²) in [7, 11) is -20.4. The number of rotatable bonds is 12. The second kappa shape index (κ2) is 33.6. The van der Waals surface area contributed by atoms with Crippen molar-refractivity contribution < 1.29 is 56.8 Å². The maximum absolute atomic E-state index is 13.8. The minimum Gasteiger partial charge on any atom is -0.309 e. The van der Waals surface area contributed by atoms with Crippen molar-refractivity contribution in [3.8, 4) is 0 Å². The standard InChI is InChI=1S/4C18H15OP.2H3O4P/c4*19-20(16-10-4-1-5-11-16,17-12-6-2-7-13-17)18-14-8-3-9-15-18;2*1-5(2,3)4/h4*1-15H;2*(H3,1,2,3,4). The molecule has 0 atom stereocenters. The van der Waals surface area contributed by atoms with Crippen LogP contribution >= 0.6 is 44.2 Å². The van der Waals surface area contributed by atoms with Gasteiger partial charge in [0, 0.05) is 63.7 Å². The summed E-state index contributed by atoms with van der Waals surface area (Å²) in [5, 5.41) is 10.5. The van der Waals surface area contributed by atoms with Crippen molar-refractivity contribution in [2.75, 3.05) is 0 Å². The molecular formula is C72H66O12P6. The molecule has 6 N–H and O–H groups in total. The molecule has 12 aromatic rings. The molecule has 0 spiro atoms. The van der Waals surface area contributed by atoms with Crippen molar-refractivity contribution in [3.05, 3.63) is 364 Å². The fraction of sp³-hybridized carbons (Fsp3) is 0. The molecule has 0 unspecified atom stereocenters. The van der Waals surface area contributed by atoms with Gasteiger partial charge in [0.05, 0.1) is 0 Å². The van der Waals surface area contributed by atoms with Gasteiger partial charge in [-0.05, 0) is 0 Å². The average Bonchev–Trinajstić information content (AvgIpc) is 0.910. The van der Waals surface area contributed by atoms with Crippen molar-refractivity contribution in [1.29, 1.82) is 0 Å². The van der Waals surface area contributed by atoms with E-state index in [1.807, 2.05) is 364 Å². The van der Waals surface area contributed by atoms with E-state index >= 15 is 0 Å². The molecule has 18 heteroatoms. The molecule has 12 aromatic carbocycles. The Morgan fingerprint density at radius 3 is 0.244 bits per heavy atom. The molecule has 12 nitrogen and oxygen atoms in total. The number of hydrogen-bond acceptors (Lipinski definition) is 6. The summed E-state index contributed by atoms with van der Waals surface area (Å²) in [6.07, 6.45) is 0. The minimum atomic E-state index is -4.64. The van der Waals surface area contributed by atoms with Gasteiger partial charge in [-0.25, -0.2) is 9.13 Å². The van der Waals surface area contributed by atoms with Crippen LogP contribution in [0.1, 0.15) is 0 Å². The van der Waals surface area contributed by atoms with Gasteiger partial charge < -0.3 is 47.6 Å². The highest BCUT2D eigenvalue weighted by Crippen LogP contribution is 2.45. The van der Waals surface area contributed by atoms with Crippen LogP contribution in [0.15, 0.2) is 364 Å². The van der Waals surface area contributed by atoms with Crippen LogP contribution < -0.4 is 63.7 Å². The molecule has 0 saturated heterocycles. The molecule has 456 valence electrons. The summed E-state index contributed by atoms with van der Waals surface area (Å²) in [5.41, 5.74) is 0. The largest absolute Gasteiger partial charge is 0.466 e. The van der Waals surface area contributed by atoms with E-state index in [9.17, 15) is 18.3 Å². The van der Waals surface area contributed by atoms with Gasteiger partial charge in [-0.1, -0.05) is 364 Å². The molecule has 0 fully saturated rings. The van der Waals surface area contributed by atoms with Gasteiger partial charge in [0.15, 0.2) is 28.6 Å². The van der Waals surface area contributed by atoms with Crippen LogP contribution in [0.25, 0.3) is 0 Å². The lowest BCUT2D eigenvalue weighted by Gasteiger charge is -2.19. The fourth-order valence-electron chi connectivity index (χ4n) is 9.44. The maximum Gasteiger partial charge on any atom is 0.466 e. The van der Waals surface area contributed by atoms with Crippen LogP contribution in [-0.2, 0) is 27.4 Å². The van der Waals surface area contributed by atoms with Crippen molar-refractivity contribution in [3.63, 3.8) is 0 Å². The molecule has 0 aliphatic heterocycles. The molecular weight excluding hydrogens is 1240 g/mol. The van der Waals surface area contributed by atoms with E-state index in [1.165, 1.54) is 0 Å². The predicted octanol–water partition coefficient (Wildman–Crippen LogP) is 11.4. The van der Waals surface area contributed by atoms with E-state index in [0.717, 1.165) is 63.7 Å². The van der Waals surface area contributed by atoms with E-state index in [4.69, 9.17) is 38.5 Å². The zero-order valence-corrected chi connectivity index (χ0v) is 53.8. The molecule has 0 aliphatic rings. The molecule has 0 aliphatic carbocycles. The Morgan fingerprint density at radius 1 is 0.133 bits per heavy atom. The van der Waals surface area contributed by atoms with Crippen molar-refractivity contribution in [2.45, 2.75) is 0 Å². The molecule has 12 rings (SSSR count). The summed E-state index contributed by atoms with van der Waals surface area (Å²) < 4.78 is 73.0. The Morgan fingerprint density at radius 2 is 0.189 bits per heavy atom. The second-order valence-electron chi connectivity index (χ2n) is 19.5. The second-order valence-corrected chi connectivity index (χ2v) is 32.6. The van der Waals surface area contributed by atoms with Crippen molar-refractivity contribution in [1.82, 2.24) is 0 Å². The lowest BCUT2D eigenvalue weighted by molar-refractivity contribution is 0.272. The summed E-state index contributed by atoms with van der Waals surface area (Å²) in [6, 6.07) is 117. The summed E-state index contributed by atoms with van der Waals surface area (Å²) >= 11 is 0. The number of phosphoric acid groups is 2. The first-order valence-electron chi connectivity index (χ1n) is 27.9. The first-order chi connectivity index (χ1) is 43.3. The summed E-state index contributed by atoms with van der Waals surface area (Å²) in [6.45, 7) is 0. The Hall–Kier alpha value is -8.22. The van der Waals surface area contributed by atoms with E-state index < -0.39 is 44.2 Å². The quantitative estimate of drug-likeness (QED) is 0.0629. The van der Waals surface area contributed by atoms with Gasteiger partial charge in [0.2, 0.25) is 0 Å². The Bertz CT molecular complexity index is 3360. The van der Waals surface area contributed by atoms with E-state index in [-0.39, 0.29) is 0 Å². The van der Waals surface area contributed by atoms with E-state index in [1.54, 1.807) is 0 Å². The SMILES string of the molecule is O=P(O)(O)O.O=P(O)(O)O.O=P(c1ccccc1)(c1ccccc1)c1ccccc1.O=P(c1ccccc1)(c1ccccc1)c1ccccc1.O=P(c1ccccc1)(c1ccccc1)c1ccccc1.O=P(c1ccccc1)(c1ccccc1)c1ccccc1. The van der Waals surface area contributed by atoms with Crippen LogP contribution in [-0.4, -0.2) is 29.4 Å². The van der Waals surface area contributed by atoms with Crippen LogP contribution in [0.4, 0.5) is 0 Å². The molecule has 0 heterocycles. The fourth-order valence-corrected chi connectivity index (χ4v) is 20.1. The smallest absolute Gasteiger partial charge is 0.309 e. The topological polar surface area (TPSA) is 224 Å². The predicted molar refractivity (Wildman–Crippen MR) is 372 cm³/mol. The Kier molecular flexibility index (Phi) is 25.8. The minimum absolute atomic E-state index is 0.873. The molecule has 0 bridgehead atoms. The first-order valence-corrected chi connectivity index (χ1v) is 37.9. The van der Waals surface area contributed by atoms with Crippen molar-refractivity contribution in [2.24, 2.45) is 0 Å². The number of benzene rings is 12. The lowest BCUT2D eigenvalue weighted by atomic mass is 10.4. The molecule has 0 amide bonds. The van der Waals surface area contributed by atoms with Crippen LogP contribution in [0.5, 0.6) is 0 Å². The summed E-state index contributed by atoms with van der Waals surface area (Å²) in [5.74, 6) is 0. The van der Waals surface area contributed by atoms with Crippen LogP contribution in [0.3, 0.4) is 0 Å². The van der Waals surface area contributed by atoms with Gasteiger partial charge in [-0.15, -0.1) is 0 Å².